The molecule has 1 nitrogen and oxygen atoms in total. The van der Waals surface area contributed by atoms with Crippen molar-refractivity contribution in [3.05, 3.63) is 12.2 Å². The van der Waals surface area contributed by atoms with Crippen LogP contribution in [0.1, 0.15) is 27.2 Å². The third kappa shape index (κ3) is 4.57. The minimum absolute atomic E-state index is 1.17. The highest BCUT2D eigenvalue weighted by atomic mass is 15.1. The van der Waals surface area contributed by atoms with Crippen LogP contribution in [0.25, 0.3) is 0 Å². The lowest BCUT2D eigenvalue weighted by molar-refractivity contribution is 0.310. The molecular formula is C9H19N. The summed E-state index contributed by atoms with van der Waals surface area (Å²) in [6.45, 7) is 10.0. The molecule has 0 amide bonds. The largest absolute Gasteiger partial charge is 0.304 e. The Morgan fingerprint density at radius 3 is 2.20 bits per heavy atom. The zero-order valence-electron chi connectivity index (χ0n) is 7.43. The van der Waals surface area contributed by atoms with Gasteiger partial charge in [0.2, 0.25) is 0 Å². The summed E-state index contributed by atoms with van der Waals surface area (Å²) in [6.07, 6.45) is 5.53. The van der Waals surface area contributed by atoms with Crippen molar-refractivity contribution in [1.29, 1.82) is 0 Å². The first-order valence-electron chi connectivity index (χ1n) is 4.18. The van der Waals surface area contributed by atoms with Crippen LogP contribution in [0.2, 0.25) is 0 Å². The molecule has 0 aliphatic heterocycles. The van der Waals surface area contributed by atoms with Crippen LogP contribution in [-0.4, -0.2) is 24.5 Å². The zero-order valence-corrected chi connectivity index (χ0v) is 7.43. The molecule has 0 atom stereocenters. The Kier molecular flexibility index (Phi) is 6.61. The van der Waals surface area contributed by atoms with Crippen molar-refractivity contribution in [2.24, 2.45) is 0 Å². The summed E-state index contributed by atoms with van der Waals surface area (Å²) in [5.74, 6) is 0. The normalized spacial score (nSPS) is 11.6. The molecule has 0 bridgehead atoms. The molecule has 0 rings (SSSR count). The van der Waals surface area contributed by atoms with E-state index in [9.17, 15) is 0 Å². The van der Waals surface area contributed by atoms with Gasteiger partial charge < -0.3 is 4.90 Å². The van der Waals surface area contributed by atoms with E-state index in [1.54, 1.807) is 0 Å². The standard InChI is InChI=1S/C9H19N/c1-4-7-8-9-10(5-2)6-3/h4,7H,5-6,8-9H2,1-3H3/b7-4+. The lowest BCUT2D eigenvalue weighted by Crippen LogP contribution is -2.23. The molecule has 0 spiro atoms. The molecule has 0 aliphatic carbocycles. The molecule has 0 aromatic heterocycles. The average molecular weight is 141 g/mol. The minimum atomic E-state index is 1.17. The SMILES string of the molecule is C/C=C/CCN(CC)CC. The van der Waals surface area contributed by atoms with E-state index in [2.05, 4.69) is 37.8 Å². The molecule has 1 heteroatoms. The van der Waals surface area contributed by atoms with Crippen LogP contribution in [0.4, 0.5) is 0 Å². The summed E-state index contributed by atoms with van der Waals surface area (Å²) in [6, 6.07) is 0. The molecule has 0 saturated heterocycles. The van der Waals surface area contributed by atoms with Crippen molar-refractivity contribution in [2.75, 3.05) is 19.6 Å². The fraction of sp³-hybridized carbons (Fsp3) is 0.778. The summed E-state index contributed by atoms with van der Waals surface area (Å²) in [4.78, 5) is 2.43. The highest BCUT2D eigenvalue weighted by Crippen LogP contribution is 1.90. The molecule has 0 N–H and O–H groups in total. The molecule has 0 aromatic carbocycles. The third-order valence-corrected chi connectivity index (χ3v) is 1.74. The molecule has 0 saturated carbocycles. The molecule has 0 heterocycles. The van der Waals surface area contributed by atoms with Crippen LogP contribution in [-0.2, 0) is 0 Å². The van der Waals surface area contributed by atoms with E-state index in [4.69, 9.17) is 0 Å². The second kappa shape index (κ2) is 6.81. The van der Waals surface area contributed by atoms with Crippen molar-refractivity contribution >= 4 is 0 Å². The lowest BCUT2D eigenvalue weighted by Gasteiger charge is -2.15. The maximum Gasteiger partial charge on any atom is 0.00157 e. The number of allylic oxidation sites excluding steroid dienone is 1. The summed E-state index contributed by atoms with van der Waals surface area (Å²) < 4.78 is 0. The van der Waals surface area contributed by atoms with Crippen molar-refractivity contribution in [2.45, 2.75) is 27.2 Å². The second-order valence-electron chi connectivity index (χ2n) is 2.38. The fourth-order valence-corrected chi connectivity index (χ4v) is 0.964. The van der Waals surface area contributed by atoms with Gasteiger partial charge in [-0.05, 0) is 26.4 Å². The minimum Gasteiger partial charge on any atom is -0.304 e. The fourth-order valence-electron chi connectivity index (χ4n) is 0.964. The van der Waals surface area contributed by atoms with Gasteiger partial charge in [0.1, 0.15) is 0 Å². The van der Waals surface area contributed by atoms with Crippen molar-refractivity contribution in [1.82, 2.24) is 4.90 Å². The number of nitrogens with zero attached hydrogens (tertiary/aromatic N) is 1. The zero-order chi connectivity index (χ0) is 7.82. The Labute approximate surface area is 64.7 Å². The van der Waals surface area contributed by atoms with E-state index < -0.39 is 0 Å². The van der Waals surface area contributed by atoms with Crippen molar-refractivity contribution in [3.63, 3.8) is 0 Å². The average Bonchev–Trinajstić information content (AvgIpc) is 1.99. The number of hydrogen-bond donors (Lipinski definition) is 0. The van der Waals surface area contributed by atoms with E-state index in [0.29, 0.717) is 0 Å². The Morgan fingerprint density at radius 1 is 1.20 bits per heavy atom. The lowest BCUT2D eigenvalue weighted by atomic mass is 10.3. The van der Waals surface area contributed by atoms with Gasteiger partial charge in [-0.15, -0.1) is 0 Å². The Bertz CT molecular complexity index is 82.7. The summed E-state index contributed by atoms with van der Waals surface area (Å²) >= 11 is 0. The number of rotatable bonds is 5. The van der Waals surface area contributed by atoms with Crippen molar-refractivity contribution in [3.8, 4) is 0 Å². The number of hydrogen-bond acceptors (Lipinski definition) is 1. The highest BCUT2D eigenvalue weighted by Gasteiger charge is 1.94. The van der Waals surface area contributed by atoms with Gasteiger partial charge in [-0.3, -0.25) is 0 Å². The molecule has 0 unspecified atom stereocenters. The van der Waals surface area contributed by atoms with Gasteiger partial charge in [0.15, 0.2) is 0 Å². The van der Waals surface area contributed by atoms with E-state index in [1.807, 2.05) is 0 Å². The Hall–Kier alpha value is -0.300. The predicted molar refractivity (Wildman–Crippen MR) is 47.2 cm³/mol. The maximum absolute atomic E-state index is 2.43. The summed E-state index contributed by atoms with van der Waals surface area (Å²) in [5, 5.41) is 0. The predicted octanol–water partition coefficient (Wildman–Crippen LogP) is 2.29. The maximum atomic E-state index is 2.43. The topological polar surface area (TPSA) is 3.24 Å². The smallest absolute Gasteiger partial charge is 0.00157 e. The van der Waals surface area contributed by atoms with Gasteiger partial charge in [-0.1, -0.05) is 26.0 Å². The first-order valence-corrected chi connectivity index (χ1v) is 4.18. The van der Waals surface area contributed by atoms with Crippen LogP contribution in [0, 0.1) is 0 Å². The van der Waals surface area contributed by atoms with Crippen LogP contribution in [0.5, 0.6) is 0 Å². The van der Waals surface area contributed by atoms with Gasteiger partial charge in [0.05, 0.1) is 0 Å². The van der Waals surface area contributed by atoms with Crippen molar-refractivity contribution < 1.29 is 0 Å². The van der Waals surface area contributed by atoms with E-state index in [-0.39, 0.29) is 0 Å². The molecule has 0 radical (unpaired) electrons. The first kappa shape index (κ1) is 9.70. The highest BCUT2D eigenvalue weighted by molar-refractivity contribution is 4.77. The molecule has 0 fully saturated rings. The molecule has 0 aliphatic rings. The molecule has 60 valence electrons. The van der Waals surface area contributed by atoms with Gasteiger partial charge in [-0.2, -0.15) is 0 Å². The van der Waals surface area contributed by atoms with E-state index in [1.165, 1.54) is 26.1 Å². The molecule has 0 aromatic rings. The van der Waals surface area contributed by atoms with Gasteiger partial charge >= 0.3 is 0 Å². The van der Waals surface area contributed by atoms with Gasteiger partial charge in [0, 0.05) is 6.54 Å². The summed E-state index contributed by atoms with van der Waals surface area (Å²) in [7, 11) is 0. The van der Waals surface area contributed by atoms with Crippen LogP contribution in [0.3, 0.4) is 0 Å². The Morgan fingerprint density at radius 2 is 1.80 bits per heavy atom. The molecular weight excluding hydrogens is 122 g/mol. The van der Waals surface area contributed by atoms with Crippen LogP contribution >= 0.6 is 0 Å². The Balaban J connectivity index is 3.25. The second-order valence-corrected chi connectivity index (χ2v) is 2.38. The van der Waals surface area contributed by atoms with Crippen LogP contribution in [0.15, 0.2) is 12.2 Å². The van der Waals surface area contributed by atoms with Crippen LogP contribution < -0.4 is 0 Å². The van der Waals surface area contributed by atoms with Gasteiger partial charge in [0.25, 0.3) is 0 Å². The third-order valence-electron chi connectivity index (χ3n) is 1.74. The van der Waals surface area contributed by atoms with E-state index in [0.717, 1.165) is 0 Å². The van der Waals surface area contributed by atoms with Gasteiger partial charge in [-0.25, -0.2) is 0 Å². The quantitative estimate of drug-likeness (QED) is 0.531. The monoisotopic (exact) mass is 141 g/mol. The summed E-state index contributed by atoms with van der Waals surface area (Å²) in [5.41, 5.74) is 0. The first-order chi connectivity index (χ1) is 4.85. The van der Waals surface area contributed by atoms with E-state index >= 15 is 0 Å². The molecule has 10 heavy (non-hydrogen) atoms.